The highest BCUT2D eigenvalue weighted by molar-refractivity contribution is 7.19. The molecule has 0 aliphatic heterocycles. The Morgan fingerprint density at radius 3 is 0.763 bits per heavy atom. The van der Waals surface area contributed by atoms with Crippen molar-refractivity contribution < 1.29 is 4.48 Å². The van der Waals surface area contributed by atoms with Crippen molar-refractivity contribution in [3.8, 4) is 0 Å². The Labute approximate surface area is 233 Å². The lowest BCUT2D eigenvalue weighted by Gasteiger charge is -2.44. The van der Waals surface area contributed by atoms with Gasteiger partial charge in [0.05, 0.1) is 26.2 Å². The molecule has 4 rings (SSSR count). The van der Waals surface area contributed by atoms with Crippen molar-refractivity contribution in [2.45, 2.75) is 53.4 Å². The lowest BCUT2D eigenvalue weighted by atomic mass is 9.13. The summed E-state index contributed by atoms with van der Waals surface area (Å²) in [6.07, 6.45) is 4.12. The van der Waals surface area contributed by atoms with Gasteiger partial charge in [0, 0.05) is 0 Å². The van der Waals surface area contributed by atoms with Crippen molar-refractivity contribution in [1.82, 2.24) is 0 Å². The Kier molecular flexibility index (Phi) is 11.9. The SMILES string of the molecule is CCC[N+](CCC)(CCC)CCC.c1ccc([B-](c2ccccc2)(c2ccccc2)c2ccccc2)cc1. The third-order valence-corrected chi connectivity index (χ3v) is 7.99. The second kappa shape index (κ2) is 15.3. The molecule has 4 aromatic carbocycles. The summed E-state index contributed by atoms with van der Waals surface area (Å²) in [7, 11) is 0. The van der Waals surface area contributed by atoms with Crippen molar-refractivity contribution in [3.05, 3.63) is 121 Å². The smallest absolute Gasteiger partial charge is 0.108 e. The van der Waals surface area contributed by atoms with Crippen molar-refractivity contribution >= 4 is 28.0 Å². The third-order valence-electron chi connectivity index (χ3n) is 7.99. The zero-order valence-corrected chi connectivity index (χ0v) is 24.2. The van der Waals surface area contributed by atoms with E-state index in [4.69, 9.17) is 0 Å². The van der Waals surface area contributed by atoms with E-state index in [-0.39, 0.29) is 0 Å². The predicted molar refractivity (Wildman–Crippen MR) is 171 cm³/mol. The first-order valence-corrected chi connectivity index (χ1v) is 14.9. The van der Waals surface area contributed by atoms with Crippen molar-refractivity contribution in [3.63, 3.8) is 0 Å². The number of hydrogen-bond acceptors (Lipinski definition) is 0. The second-order valence-corrected chi connectivity index (χ2v) is 10.7. The van der Waals surface area contributed by atoms with E-state index >= 15 is 0 Å². The average Bonchev–Trinajstić information content (AvgIpc) is 2.97. The monoisotopic (exact) mass is 505 g/mol. The minimum absolute atomic E-state index is 1.22. The van der Waals surface area contributed by atoms with Gasteiger partial charge >= 0.3 is 0 Å². The topological polar surface area (TPSA) is 0 Å². The molecule has 1 nitrogen and oxygen atoms in total. The number of rotatable bonds is 12. The normalized spacial score (nSPS) is 11.5. The van der Waals surface area contributed by atoms with Gasteiger partial charge in [0.1, 0.15) is 6.15 Å². The highest BCUT2D eigenvalue weighted by Crippen LogP contribution is 2.13. The second-order valence-electron chi connectivity index (χ2n) is 10.7. The van der Waals surface area contributed by atoms with Crippen LogP contribution < -0.4 is 21.9 Å². The summed E-state index contributed by atoms with van der Waals surface area (Å²) in [5.41, 5.74) is 5.36. The third kappa shape index (κ3) is 7.05. The number of nitrogens with zero attached hydrogens (tertiary/aromatic N) is 1. The lowest BCUT2D eigenvalue weighted by molar-refractivity contribution is -0.928. The molecule has 0 heterocycles. The zero-order valence-electron chi connectivity index (χ0n) is 24.2. The minimum atomic E-state index is -1.22. The van der Waals surface area contributed by atoms with Gasteiger partial charge in [0.2, 0.25) is 0 Å². The van der Waals surface area contributed by atoms with E-state index in [2.05, 4.69) is 149 Å². The average molecular weight is 506 g/mol. The fourth-order valence-electron chi connectivity index (χ4n) is 6.69. The first-order valence-electron chi connectivity index (χ1n) is 14.9. The Morgan fingerprint density at radius 1 is 0.368 bits per heavy atom. The molecule has 0 saturated carbocycles. The molecule has 0 saturated heterocycles. The first-order chi connectivity index (χ1) is 18.7. The Hall–Kier alpha value is -3.10. The van der Waals surface area contributed by atoms with E-state index in [0.717, 1.165) is 0 Å². The molecular weight excluding hydrogens is 457 g/mol. The van der Waals surface area contributed by atoms with Crippen LogP contribution in [0.25, 0.3) is 0 Å². The molecule has 0 amide bonds. The molecule has 0 aliphatic rings. The fourth-order valence-corrected chi connectivity index (χ4v) is 6.69. The van der Waals surface area contributed by atoms with E-state index < -0.39 is 6.15 Å². The molecule has 0 spiro atoms. The number of hydrogen-bond donors (Lipinski definition) is 0. The van der Waals surface area contributed by atoms with Gasteiger partial charge in [-0.05, 0) is 25.7 Å². The molecule has 200 valence electrons. The zero-order chi connectivity index (χ0) is 27.1. The molecule has 0 N–H and O–H groups in total. The molecule has 0 aliphatic carbocycles. The van der Waals surface area contributed by atoms with E-state index in [9.17, 15) is 0 Å². The van der Waals surface area contributed by atoms with Gasteiger partial charge < -0.3 is 4.48 Å². The van der Waals surface area contributed by atoms with Crippen LogP contribution >= 0.6 is 0 Å². The van der Waals surface area contributed by atoms with Crippen molar-refractivity contribution in [1.29, 1.82) is 0 Å². The molecule has 0 radical (unpaired) electrons. The summed E-state index contributed by atoms with van der Waals surface area (Å²) < 4.78 is 1.38. The van der Waals surface area contributed by atoms with Gasteiger partial charge in [0.15, 0.2) is 0 Å². The Balaban J connectivity index is 0.000000263. The van der Waals surface area contributed by atoms with Gasteiger partial charge in [-0.1, -0.05) is 149 Å². The van der Waals surface area contributed by atoms with Crippen LogP contribution in [0.3, 0.4) is 0 Å². The van der Waals surface area contributed by atoms with Gasteiger partial charge in [-0.25, -0.2) is 0 Å². The molecule has 0 atom stereocenters. The van der Waals surface area contributed by atoms with Crippen LogP contribution in [0.1, 0.15) is 53.4 Å². The summed E-state index contributed by atoms with van der Waals surface area (Å²) >= 11 is 0. The standard InChI is InChI=1S/C24H20B.C12H28N/c1-5-13-21(14-6-1)25(22-15-7-2-8-16-22,23-17-9-3-10-18-23)24-19-11-4-12-20-24;1-5-9-13(10-6-2,11-7-3)12-8-4/h1-20H;5-12H2,1-4H3/q-1;+1. The van der Waals surface area contributed by atoms with Gasteiger partial charge in [-0.15, -0.1) is 0 Å². The summed E-state index contributed by atoms with van der Waals surface area (Å²) in [4.78, 5) is 0. The molecule has 4 aromatic rings. The van der Waals surface area contributed by atoms with Crippen LogP contribution in [0.4, 0.5) is 0 Å². The van der Waals surface area contributed by atoms with Crippen LogP contribution in [0.2, 0.25) is 0 Å². The van der Waals surface area contributed by atoms with Gasteiger partial charge in [-0.2, -0.15) is 21.9 Å². The highest BCUT2D eigenvalue weighted by Gasteiger charge is 2.31. The number of benzene rings is 4. The van der Waals surface area contributed by atoms with E-state index in [1.54, 1.807) is 0 Å². The van der Waals surface area contributed by atoms with Crippen LogP contribution in [-0.4, -0.2) is 36.8 Å². The quantitative estimate of drug-likeness (QED) is 0.152. The summed E-state index contributed by atoms with van der Waals surface area (Å²) in [6, 6.07) is 43.5. The molecular formula is C36H48BN. The summed E-state index contributed by atoms with van der Waals surface area (Å²) in [5.74, 6) is 0. The van der Waals surface area contributed by atoms with Crippen LogP contribution in [0.15, 0.2) is 121 Å². The van der Waals surface area contributed by atoms with Gasteiger partial charge in [-0.3, -0.25) is 0 Å². The predicted octanol–water partition coefficient (Wildman–Crippen LogP) is 6.51. The molecule has 0 fully saturated rings. The van der Waals surface area contributed by atoms with E-state index in [1.807, 2.05) is 0 Å². The van der Waals surface area contributed by atoms with Crippen LogP contribution in [-0.2, 0) is 0 Å². The Morgan fingerprint density at radius 2 is 0.579 bits per heavy atom. The maximum Gasteiger partial charge on any atom is 0.108 e. The summed E-state index contributed by atoms with van der Waals surface area (Å²) in [6.45, 7) is 14.8. The number of quaternary nitrogens is 1. The molecule has 0 unspecified atom stereocenters. The van der Waals surface area contributed by atoms with Crippen molar-refractivity contribution in [2.75, 3.05) is 26.2 Å². The molecule has 0 bridgehead atoms. The maximum atomic E-state index is 2.31. The van der Waals surface area contributed by atoms with Crippen molar-refractivity contribution in [2.24, 2.45) is 0 Å². The molecule has 38 heavy (non-hydrogen) atoms. The maximum absolute atomic E-state index is 2.31. The molecule has 0 aromatic heterocycles. The van der Waals surface area contributed by atoms with E-state index in [0.29, 0.717) is 0 Å². The Bertz CT molecular complexity index is 950. The van der Waals surface area contributed by atoms with Crippen LogP contribution in [0, 0.1) is 0 Å². The highest BCUT2D eigenvalue weighted by atomic mass is 15.3. The largest absolute Gasteiger partial charge is 0.324 e. The lowest BCUT2D eigenvalue weighted by Crippen LogP contribution is -2.74. The summed E-state index contributed by atoms with van der Waals surface area (Å²) in [5, 5.41) is 0. The first kappa shape index (κ1) is 29.5. The minimum Gasteiger partial charge on any atom is -0.324 e. The fraction of sp³-hybridized carbons (Fsp3) is 0.333. The molecule has 2 heteroatoms. The van der Waals surface area contributed by atoms with Gasteiger partial charge in [0.25, 0.3) is 0 Å². The van der Waals surface area contributed by atoms with E-state index in [1.165, 1.54) is 78.2 Å². The van der Waals surface area contributed by atoms with Crippen LogP contribution in [0.5, 0.6) is 0 Å².